The van der Waals surface area contributed by atoms with Crippen LogP contribution in [-0.2, 0) is 5.41 Å². The molecule has 0 N–H and O–H groups in total. The fraction of sp³-hybridized carbons (Fsp3) is 0.0442. The molecular formula is C113H80N2O2. The molecule has 0 unspecified atom stereocenters. The third kappa shape index (κ3) is 13.2. The minimum Gasteiger partial charge on any atom is -0.455 e. The summed E-state index contributed by atoms with van der Waals surface area (Å²) in [5.41, 5.74) is 37.5. The summed E-state index contributed by atoms with van der Waals surface area (Å²) in [6, 6.07) is 158. The van der Waals surface area contributed by atoms with E-state index in [2.05, 4.69) is 434 Å². The molecule has 2 aliphatic carbocycles. The van der Waals surface area contributed by atoms with Gasteiger partial charge in [0.15, 0.2) is 0 Å². The number of rotatable bonds is 15. The van der Waals surface area contributed by atoms with Crippen LogP contribution in [0.2, 0.25) is 0 Å². The molecule has 20 aromatic rings. The molecule has 0 aliphatic heterocycles. The van der Waals surface area contributed by atoms with Gasteiger partial charge in [-0.2, -0.15) is 0 Å². The monoisotopic (exact) mass is 1500 g/mol. The van der Waals surface area contributed by atoms with E-state index in [4.69, 9.17) is 8.83 Å². The molecular weight excluding hydrogens is 1420 g/mol. The van der Waals surface area contributed by atoms with Crippen molar-refractivity contribution in [3.63, 3.8) is 0 Å². The molecule has 117 heavy (non-hydrogen) atoms. The third-order valence-electron chi connectivity index (χ3n) is 24.2. The Kier molecular flexibility index (Phi) is 18.1. The number of hydrogen-bond acceptors (Lipinski definition) is 4. The number of anilines is 6. The lowest BCUT2D eigenvalue weighted by Gasteiger charge is -2.30. The van der Waals surface area contributed by atoms with Crippen molar-refractivity contribution in [2.75, 3.05) is 9.80 Å². The maximum Gasteiger partial charge on any atom is 0.143 e. The van der Waals surface area contributed by atoms with E-state index in [0.717, 1.165) is 96.5 Å². The largest absolute Gasteiger partial charge is 0.455 e. The van der Waals surface area contributed by atoms with Crippen molar-refractivity contribution in [2.45, 2.75) is 31.1 Å². The Labute approximate surface area is 682 Å². The van der Waals surface area contributed by atoms with Crippen LogP contribution in [-0.4, -0.2) is 0 Å². The molecule has 1 saturated carbocycles. The average Bonchev–Trinajstić information content (AvgIpc) is 1.55. The van der Waals surface area contributed by atoms with Gasteiger partial charge >= 0.3 is 0 Å². The predicted octanol–water partition coefficient (Wildman–Crippen LogP) is 32.0. The maximum absolute atomic E-state index is 6.56. The summed E-state index contributed by atoms with van der Waals surface area (Å²) in [6.07, 6.45) is 4.73. The first-order valence-electron chi connectivity index (χ1n) is 40.7. The number of nitrogens with zero attached hydrogens (tertiary/aromatic N) is 2. The summed E-state index contributed by atoms with van der Waals surface area (Å²) < 4.78 is 12.9. The molecule has 554 valence electrons. The molecule has 0 amide bonds. The second-order valence-electron chi connectivity index (χ2n) is 30.9. The summed E-state index contributed by atoms with van der Waals surface area (Å²) in [4.78, 5) is 4.77. The van der Waals surface area contributed by atoms with Gasteiger partial charge in [-0.25, -0.2) is 0 Å². The van der Waals surface area contributed by atoms with Crippen LogP contribution >= 0.6 is 0 Å². The van der Waals surface area contributed by atoms with E-state index in [0.29, 0.717) is 0 Å². The summed E-state index contributed by atoms with van der Waals surface area (Å²) in [5, 5.41) is 4.61. The van der Waals surface area contributed by atoms with Crippen LogP contribution in [0.4, 0.5) is 34.1 Å². The van der Waals surface area contributed by atoms with Crippen LogP contribution in [0.15, 0.2) is 446 Å². The molecule has 2 aromatic heterocycles. The zero-order valence-corrected chi connectivity index (χ0v) is 64.6. The molecule has 1 spiro atoms. The van der Waals surface area contributed by atoms with E-state index in [1.807, 2.05) is 12.1 Å². The van der Waals surface area contributed by atoms with Gasteiger partial charge in [-0.05, 0) is 215 Å². The van der Waals surface area contributed by atoms with Crippen LogP contribution in [0.5, 0.6) is 0 Å². The Morgan fingerprint density at radius 1 is 0.179 bits per heavy atom. The van der Waals surface area contributed by atoms with Crippen LogP contribution < -0.4 is 9.80 Å². The zero-order valence-electron chi connectivity index (χ0n) is 64.6. The summed E-state index contributed by atoms with van der Waals surface area (Å²) in [7, 11) is 0. The molecule has 0 radical (unpaired) electrons. The fourth-order valence-corrected chi connectivity index (χ4v) is 18.2. The van der Waals surface area contributed by atoms with Crippen molar-refractivity contribution in [2.24, 2.45) is 0 Å². The Hall–Kier alpha value is -14.8. The molecule has 0 saturated heterocycles. The van der Waals surface area contributed by atoms with Crippen molar-refractivity contribution >= 4 is 78.0 Å². The summed E-state index contributed by atoms with van der Waals surface area (Å²) in [6.45, 7) is 0. The second-order valence-corrected chi connectivity index (χ2v) is 30.9. The number of benzene rings is 18. The topological polar surface area (TPSA) is 32.8 Å². The van der Waals surface area contributed by atoms with Crippen molar-refractivity contribution in [1.82, 2.24) is 0 Å². The Morgan fingerprint density at radius 3 is 0.778 bits per heavy atom. The maximum atomic E-state index is 6.56. The number of para-hydroxylation sites is 4. The Balaban J connectivity index is 0.000000152. The highest BCUT2D eigenvalue weighted by atomic mass is 16.3. The molecule has 2 heterocycles. The van der Waals surface area contributed by atoms with Gasteiger partial charge in [0, 0.05) is 72.2 Å². The van der Waals surface area contributed by atoms with Gasteiger partial charge < -0.3 is 18.6 Å². The first-order valence-corrected chi connectivity index (χ1v) is 40.7. The molecule has 0 bridgehead atoms. The van der Waals surface area contributed by atoms with Crippen LogP contribution in [0.25, 0.3) is 155 Å². The number of furan rings is 2. The third-order valence-corrected chi connectivity index (χ3v) is 24.2. The van der Waals surface area contributed by atoms with Gasteiger partial charge in [0.25, 0.3) is 0 Å². The van der Waals surface area contributed by atoms with Crippen molar-refractivity contribution in [3.05, 3.63) is 448 Å². The molecule has 2 aliphatic rings. The van der Waals surface area contributed by atoms with Crippen molar-refractivity contribution in [3.8, 4) is 111 Å². The van der Waals surface area contributed by atoms with Crippen LogP contribution in [0, 0.1) is 0 Å². The normalized spacial score (nSPS) is 12.5. The minimum atomic E-state index is -0.0460. The van der Waals surface area contributed by atoms with Gasteiger partial charge in [0.05, 0.1) is 0 Å². The summed E-state index contributed by atoms with van der Waals surface area (Å²) in [5.74, 6) is 0. The molecule has 22 rings (SSSR count). The van der Waals surface area contributed by atoms with Gasteiger partial charge in [0.2, 0.25) is 0 Å². The van der Waals surface area contributed by atoms with Gasteiger partial charge in [-0.1, -0.05) is 359 Å². The standard InChI is InChI=1S/C65H47NO.C48H33NO/c1-3-12-44(13-4-1)46-20-24-48(25-21-46)50-28-33-53(34-29-50)66(54-35-30-51(31-36-54)49-26-22-47(23-27-49)45-14-5-2-6-15-45)55-37-39-58-57-38-32-52(42-61(57)65(62(58)43-55)40-9-10-41-65)56-17-11-18-60-59-16-7-8-19-63(59)67-64(56)60;1-3-10-34(11-4-1)36-18-20-37(21-19-36)39-24-30-42(31-25-39)49(41-28-22-38(23-29-41)35-12-5-2-6-13-35)43-32-26-40(27-33-43)44-15-9-16-46-45-14-7-8-17-47(45)50-48(44)46/h1-8,11-39,42-43H,9-10,40-41H2;1-33H. The fourth-order valence-electron chi connectivity index (χ4n) is 18.2. The molecule has 1 fully saturated rings. The first-order chi connectivity index (χ1) is 57.9. The van der Waals surface area contributed by atoms with Crippen LogP contribution in [0.3, 0.4) is 0 Å². The quantitative estimate of drug-likeness (QED) is 0.102. The Morgan fingerprint density at radius 2 is 0.427 bits per heavy atom. The van der Waals surface area contributed by atoms with E-state index in [1.165, 1.54) is 130 Å². The first kappa shape index (κ1) is 70.1. The zero-order chi connectivity index (χ0) is 77.6. The second kappa shape index (κ2) is 30.3. The SMILES string of the molecule is c1ccc(-c2ccc(-c3ccc(N(c4ccc(-c5ccc(-c6ccccc6)cc5)cc4)c4ccc5c(c4)C4(CCCC4)c4cc(-c6cccc7c6oc6ccccc67)ccc4-5)cc3)cc2)cc1.c1ccc(-c2ccc(-c3ccc(N(c4ccc(-c5ccccc5)cc4)c4ccc(-c5cccc6c5oc5ccccc56)cc4)cc3)cc2)cc1. The highest BCUT2D eigenvalue weighted by Crippen LogP contribution is 2.59. The predicted molar refractivity (Wildman–Crippen MR) is 490 cm³/mol. The van der Waals surface area contributed by atoms with Gasteiger partial charge in [-0.15, -0.1) is 0 Å². The van der Waals surface area contributed by atoms with E-state index >= 15 is 0 Å². The number of hydrogen-bond donors (Lipinski definition) is 0. The lowest BCUT2D eigenvalue weighted by Crippen LogP contribution is -2.21. The van der Waals surface area contributed by atoms with Gasteiger partial charge in [0.1, 0.15) is 22.3 Å². The highest BCUT2D eigenvalue weighted by molar-refractivity contribution is 6.11. The number of fused-ring (bicyclic) bond motifs is 11. The van der Waals surface area contributed by atoms with Crippen LogP contribution in [0.1, 0.15) is 36.8 Å². The smallest absolute Gasteiger partial charge is 0.143 e. The van der Waals surface area contributed by atoms with Gasteiger partial charge in [-0.3, -0.25) is 0 Å². The van der Waals surface area contributed by atoms with E-state index in [1.54, 1.807) is 0 Å². The highest BCUT2D eigenvalue weighted by Gasteiger charge is 2.46. The van der Waals surface area contributed by atoms with E-state index in [9.17, 15) is 0 Å². The minimum absolute atomic E-state index is 0.0460. The molecule has 18 aromatic carbocycles. The van der Waals surface area contributed by atoms with Crippen molar-refractivity contribution in [1.29, 1.82) is 0 Å². The molecule has 0 atom stereocenters. The van der Waals surface area contributed by atoms with E-state index in [-0.39, 0.29) is 5.41 Å². The molecule has 4 heteroatoms. The van der Waals surface area contributed by atoms with Crippen molar-refractivity contribution < 1.29 is 8.83 Å². The van der Waals surface area contributed by atoms with E-state index < -0.39 is 0 Å². The lowest BCUT2D eigenvalue weighted by molar-refractivity contribution is 0.550. The summed E-state index contributed by atoms with van der Waals surface area (Å²) >= 11 is 0. The lowest BCUT2D eigenvalue weighted by atomic mass is 9.76. The Bertz CT molecular complexity index is 6830. The average molecular weight is 1500 g/mol. The molecule has 4 nitrogen and oxygen atoms in total.